The van der Waals surface area contributed by atoms with E-state index in [0.29, 0.717) is 24.3 Å². The lowest BCUT2D eigenvalue weighted by molar-refractivity contribution is -0.148. The van der Waals surface area contributed by atoms with Gasteiger partial charge in [0.05, 0.1) is 0 Å². The number of nitrogens with zero attached hydrogens (tertiary/aromatic N) is 2. The molecule has 1 aromatic carbocycles. The normalized spacial score (nSPS) is 14.4. The monoisotopic (exact) mass is 529 g/mol. The number of ether oxygens (including phenoxy) is 1. The summed E-state index contributed by atoms with van der Waals surface area (Å²) in [6.45, 7) is 10.3. The number of thiazole rings is 1. The molecule has 0 fully saturated rings. The Labute approximate surface area is 223 Å². The number of benzene rings is 1. The molecule has 0 saturated carbocycles. The van der Waals surface area contributed by atoms with Crippen LogP contribution in [0.4, 0.5) is 0 Å². The number of hydrogen-bond donors (Lipinski definition) is 1. The zero-order chi connectivity index (χ0) is 27.7. The molecule has 1 N–H and O–H groups in total. The van der Waals surface area contributed by atoms with Crippen molar-refractivity contribution in [1.29, 1.82) is 0 Å². The molecule has 2 amide bonds. The summed E-state index contributed by atoms with van der Waals surface area (Å²) in [5.74, 6) is -0.884. The third-order valence-electron chi connectivity index (χ3n) is 6.55. The van der Waals surface area contributed by atoms with E-state index in [2.05, 4.69) is 10.3 Å². The maximum atomic E-state index is 13.2. The van der Waals surface area contributed by atoms with Crippen LogP contribution in [-0.2, 0) is 25.5 Å². The van der Waals surface area contributed by atoms with Crippen molar-refractivity contribution in [2.45, 2.75) is 79.0 Å². The lowest BCUT2D eigenvalue weighted by Gasteiger charge is -2.32. The summed E-state index contributed by atoms with van der Waals surface area (Å²) in [6.07, 6.45) is 0.784. The molecule has 0 radical (unpaired) electrons. The zero-order valence-electron chi connectivity index (χ0n) is 22.8. The molecular formula is C28H39N3O5S. The molecule has 0 bridgehead atoms. The Morgan fingerprint density at radius 1 is 1.03 bits per heavy atom. The highest BCUT2D eigenvalue weighted by molar-refractivity contribution is 7.09. The van der Waals surface area contributed by atoms with Crippen LogP contribution in [0.1, 0.15) is 81.5 Å². The molecular weight excluding hydrogens is 490 g/mol. The second-order valence-electron chi connectivity index (χ2n) is 9.95. The van der Waals surface area contributed by atoms with Crippen LogP contribution in [0, 0.1) is 11.8 Å². The molecule has 202 valence electrons. The number of esters is 1. The van der Waals surface area contributed by atoms with Crippen LogP contribution in [0.25, 0.3) is 0 Å². The van der Waals surface area contributed by atoms with Gasteiger partial charge in [-0.3, -0.25) is 19.2 Å². The van der Waals surface area contributed by atoms with Gasteiger partial charge in [-0.2, -0.15) is 0 Å². The van der Waals surface area contributed by atoms with Crippen LogP contribution < -0.4 is 5.32 Å². The molecule has 8 nitrogen and oxygen atoms in total. The Kier molecular flexibility index (Phi) is 11.4. The van der Waals surface area contributed by atoms with Crippen LogP contribution in [-0.4, -0.2) is 52.6 Å². The van der Waals surface area contributed by atoms with Crippen molar-refractivity contribution in [3.8, 4) is 0 Å². The van der Waals surface area contributed by atoms with E-state index in [1.807, 2.05) is 51.1 Å². The fourth-order valence-electron chi connectivity index (χ4n) is 4.21. The summed E-state index contributed by atoms with van der Waals surface area (Å²) in [6, 6.07) is 9.38. The maximum Gasteiger partial charge on any atom is 0.303 e. The third-order valence-corrected chi connectivity index (χ3v) is 7.49. The predicted octanol–water partition coefficient (Wildman–Crippen LogP) is 4.60. The molecule has 0 unspecified atom stereocenters. The van der Waals surface area contributed by atoms with Gasteiger partial charge in [0.25, 0.3) is 5.91 Å². The first-order chi connectivity index (χ1) is 17.4. The average molecular weight is 530 g/mol. The standard InChI is InChI=1S/C28H39N3O5S/c1-17(2)25(31(7)20(5)33)15-26(36-21(6)34)28-30-24(16-37-28)27(35)29-23(13-18(3)19(4)32)14-22-11-9-8-10-12-22/h8-12,16-18,23,25-26H,13-15H2,1-7H3,(H,29,35)/t18-,23+,25+,26+/m0/s1. The van der Waals surface area contributed by atoms with Gasteiger partial charge in [-0.15, -0.1) is 11.3 Å². The third kappa shape index (κ3) is 9.39. The molecule has 0 saturated heterocycles. The Balaban J connectivity index is 2.23. The summed E-state index contributed by atoms with van der Waals surface area (Å²) in [7, 11) is 1.73. The maximum absolute atomic E-state index is 13.2. The summed E-state index contributed by atoms with van der Waals surface area (Å²) >= 11 is 1.24. The van der Waals surface area contributed by atoms with Gasteiger partial charge in [-0.05, 0) is 31.2 Å². The van der Waals surface area contributed by atoms with Crippen molar-refractivity contribution in [1.82, 2.24) is 15.2 Å². The number of rotatable bonds is 13. The van der Waals surface area contributed by atoms with E-state index >= 15 is 0 Å². The summed E-state index contributed by atoms with van der Waals surface area (Å²) in [4.78, 5) is 55.1. The van der Waals surface area contributed by atoms with Crippen molar-refractivity contribution >= 4 is 34.9 Å². The fourth-order valence-corrected chi connectivity index (χ4v) is 5.05. The number of amides is 2. The Hall–Kier alpha value is -3.07. The second kappa shape index (κ2) is 14.0. The lowest BCUT2D eigenvalue weighted by Crippen LogP contribution is -2.40. The highest BCUT2D eigenvalue weighted by atomic mass is 32.1. The number of carbonyl (C=O) groups excluding carboxylic acids is 4. The van der Waals surface area contributed by atoms with Crippen LogP contribution in [0.2, 0.25) is 0 Å². The number of carbonyl (C=O) groups is 4. The summed E-state index contributed by atoms with van der Waals surface area (Å²) in [5.41, 5.74) is 1.29. The number of ketones is 1. The van der Waals surface area contributed by atoms with E-state index in [4.69, 9.17) is 4.74 Å². The summed E-state index contributed by atoms with van der Waals surface area (Å²) < 4.78 is 5.58. The van der Waals surface area contributed by atoms with Gasteiger partial charge >= 0.3 is 5.97 Å². The van der Waals surface area contributed by atoms with E-state index in [-0.39, 0.29) is 47.2 Å². The van der Waals surface area contributed by atoms with E-state index in [1.54, 1.807) is 24.3 Å². The van der Waals surface area contributed by atoms with Crippen LogP contribution in [0.5, 0.6) is 0 Å². The highest BCUT2D eigenvalue weighted by Gasteiger charge is 2.30. The van der Waals surface area contributed by atoms with E-state index in [9.17, 15) is 19.2 Å². The Morgan fingerprint density at radius 3 is 2.22 bits per heavy atom. The minimum atomic E-state index is -0.684. The van der Waals surface area contributed by atoms with Crippen molar-refractivity contribution < 1.29 is 23.9 Å². The average Bonchev–Trinajstić information content (AvgIpc) is 3.31. The largest absolute Gasteiger partial charge is 0.455 e. The van der Waals surface area contributed by atoms with E-state index in [0.717, 1.165) is 5.56 Å². The zero-order valence-corrected chi connectivity index (χ0v) is 23.6. The quantitative estimate of drug-likeness (QED) is 0.380. The predicted molar refractivity (Wildman–Crippen MR) is 144 cm³/mol. The topological polar surface area (TPSA) is 106 Å². The molecule has 37 heavy (non-hydrogen) atoms. The molecule has 0 spiro atoms. The Morgan fingerprint density at radius 2 is 1.68 bits per heavy atom. The molecule has 0 aliphatic carbocycles. The number of Topliss-reactive ketones (excluding diaryl/α,β-unsaturated/α-hetero) is 1. The molecule has 2 aromatic rings. The minimum absolute atomic E-state index is 0.0720. The highest BCUT2D eigenvalue weighted by Crippen LogP contribution is 2.30. The Bertz CT molecular complexity index is 1070. The van der Waals surface area contributed by atoms with Gasteiger partial charge in [0.2, 0.25) is 5.91 Å². The van der Waals surface area contributed by atoms with Crippen molar-refractivity contribution in [2.24, 2.45) is 11.8 Å². The van der Waals surface area contributed by atoms with Crippen LogP contribution >= 0.6 is 11.3 Å². The van der Waals surface area contributed by atoms with Crippen molar-refractivity contribution in [3.05, 3.63) is 52.0 Å². The molecule has 9 heteroatoms. The number of nitrogens with one attached hydrogen (secondary N) is 1. The smallest absolute Gasteiger partial charge is 0.303 e. The number of aromatic nitrogens is 1. The van der Waals surface area contributed by atoms with Gasteiger partial charge in [0, 0.05) is 50.7 Å². The molecule has 1 aromatic heterocycles. The molecule has 2 rings (SSSR count). The van der Waals surface area contributed by atoms with Crippen LogP contribution in [0.15, 0.2) is 35.7 Å². The van der Waals surface area contributed by atoms with Crippen LogP contribution in [0.3, 0.4) is 0 Å². The van der Waals surface area contributed by atoms with Gasteiger partial charge in [0.1, 0.15) is 16.5 Å². The second-order valence-corrected chi connectivity index (χ2v) is 10.8. The fraction of sp³-hybridized carbons (Fsp3) is 0.536. The first-order valence-corrected chi connectivity index (χ1v) is 13.5. The molecule has 0 aliphatic rings. The lowest BCUT2D eigenvalue weighted by atomic mass is 9.94. The molecule has 0 aliphatic heterocycles. The first-order valence-electron chi connectivity index (χ1n) is 12.6. The van der Waals surface area contributed by atoms with Crippen molar-refractivity contribution in [2.75, 3.05) is 7.05 Å². The molecule has 4 atom stereocenters. The SMILES string of the molecule is CC(=O)O[C@H](C[C@H](C(C)C)N(C)C(C)=O)c1nc(C(=O)N[C@@H](Cc2ccccc2)C[C@H](C)C(C)=O)cs1. The molecule has 1 heterocycles. The van der Waals surface area contributed by atoms with E-state index in [1.165, 1.54) is 25.2 Å². The van der Waals surface area contributed by atoms with Gasteiger partial charge in [0.15, 0.2) is 6.10 Å². The summed E-state index contributed by atoms with van der Waals surface area (Å²) in [5, 5.41) is 5.19. The van der Waals surface area contributed by atoms with Gasteiger partial charge in [-0.25, -0.2) is 4.98 Å². The number of hydrogen-bond acceptors (Lipinski definition) is 7. The minimum Gasteiger partial charge on any atom is -0.455 e. The first kappa shape index (κ1) is 30.2. The van der Waals surface area contributed by atoms with E-state index < -0.39 is 12.1 Å². The van der Waals surface area contributed by atoms with Crippen molar-refractivity contribution in [3.63, 3.8) is 0 Å². The van der Waals surface area contributed by atoms with Gasteiger partial charge < -0.3 is 15.0 Å². The van der Waals surface area contributed by atoms with Gasteiger partial charge in [-0.1, -0.05) is 51.1 Å².